The van der Waals surface area contributed by atoms with E-state index in [1.165, 1.54) is 18.3 Å². The highest BCUT2D eigenvalue weighted by Crippen LogP contribution is 2.09. The van der Waals surface area contributed by atoms with Gasteiger partial charge in [-0.2, -0.15) is 10.2 Å². The van der Waals surface area contributed by atoms with Crippen molar-refractivity contribution >= 4 is 12.1 Å². The van der Waals surface area contributed by atoms with Crippen LogP contribution in [0, 0.1) is 19.7 Å². The molecule has 0 aliphatic rings. The van der Waals surface area contributed by atoms with Crippen molar-refractivity contribution in [2.24, 2.45) is 5.10 Å². The number of halogens is 1. The van der Waals surface area contributed by atoms with Gasteiger partial charge in [0.2, 0.25) is 0 Å². The lowest BCUT2D eigenvalue weighted by atomic mass is 10.1. The minimum Gasteiger partial charge on any atom is -0.267 e. The molecule has 0 radical (unpaired) electrons. The van der Waals surface area contributed by atoms with E-state index in [1.54, 1.807) is 24.3 Å². The first kappa shape index (κ1) is 17.5. The molecular formula is C20H19FN4O. The van der Waals surface area contributed by atoms with Gasteiger partial charge in [0, 0.05) is 11.3 Å². The van der Waals surface area contributed by atoms with Gasteiger partial charge >= 0.3 is 0 Å². The zero-order valence-electron chi connectivity index (χ0n) is 14.6. The fraction of sp³-hybridized carbons (Fsp3) is 0.150. The van der Waals surface area contributed by atoms with Crippen LogP contribution in [0.1, 0.15) is 32.9 Å². The predicted octanol–water partition coefficient (Wildman–Crippen LogP) is 3.45. The average Bonchev–Trinajstić information content (AvgIpc) is 2.94. The summed E-state index contributed by atoms with van der Waals surface area (Å²) in [5.41, 5.74) is 6.81. The summed E-state index contributed by atoms with van der Waals surface area (Å²) >= 11 is 0. The van der Waals surface area contributed by atoms with Crippen LogP contribution in [0.3, 0.4) is 0 Å². The summed E-state index contributed by atoms with van der Waals surface area (Å²) in [6.45, 7) is 4.63. The normalized spacial score (nSPS) is 11.0. The highest BCUT2D eigenvalue weighted by Gasteiger charge is 2.06. The smallest absolute Gasteiger partial charge is 0.267 e. The quantitative estimate of drug-likeness (QED) is 0.566. The third kappa shape index (κ3) is 4.42. The van der Waals surface area contributed by atoms with E-state index in [-0.39, 0.29) is 11.7 Å². The molecule has 0 saturated carbocycles. The van der Waals surface area contributed by atoms with Crippen molar-refractivity contribution < 1.29 is 9.18 Å². The topological polar surface area (TPSA) is 59.3 Å². The number of rotatable bonds is 5. The Labute approximate surface area is 151 Å². The van der Waals surface area contributed by atoms with Crippen LogP contribution in [-0.2, 0) is 6.54 Å². The van der Waals surface area contributed by atoms with E-state index < -0.39 is 0 Å². The van der Waals surface area contributed by atoms with Gasteiger partial charge in [-0.05, 0) is 55.3 Å². The van der Waals surface area contributed by atoms with Crippen LogP contribution in [0.5, 0.6) is 0 Å². The van der Waals surface area contributed by atoms with E-state index in [4.69, 9.17) is 0 Å². The molecule has 3 aromatic rings. The van der Waals surface area contributed by atoms with Crippen molar-refractivity contribution in [2.45, 2.75) is 20.4 Å². The summed E-state index contributed by atoms with van der Waals surface area (Å²) in [6.07, 6.45) is 1.47. The molecule has 26 heavy (non-hydrogen) atoms. The first-order chi connectivity index (χ1) is 12.5. The number of carbonyl (C=O) groups excluding carboxylic acids is 1. The second kappa shape index (κ2) is 7.74. The molecule has 1 aromatic heterocycles. The Morgan fingerprint density at radius 1 is 1.15 bits per heavy atom. The van der Waals surface area contributed by atoms with Gasteiger partial charge in [0.05, 0.1) is 18.5 Å². The number of nitrogens with one attached hydrogen (secondary N) is 1. The van der Waals surface area contributed by atoms with Gasteiger partial charge in [0.1, 0.15) is 5.82 Å². The molecule has 1 N–H and O–H groups in total. The Bertz CT molecular complexity index is 927. The Morgan fingerprint density at radius 3 is 2.46 bits per heavy atom. The van der Waals surface area contributed by atoms with Crippen LogP contribution in [-0.4, -0.2) is 21.9 Å². The van der Waals surface area contributed by atoms with Gasteiger partial charge in [0.25, 0.3) is 5.91 Å². The summed E-state index contributed by atoms with van der Waals surface area (Å²) in [4.78, 5) is 12.1. The molecule has 0 aliphatic heterocycles. The molecule has 0 fully saturated rings. The van der Waals surface area contributed by atoms with Crippen LogP contribution in [0.2, 0.25) is 0 Å². The fourth-order valence-electron chi connectivity index (χ4n) is 2.55. The third-order valence-electron chi connectivity index (χ3n) is 3.90. The van der Waals surface area contributed by atoms with Gasteiger partial charge in [-0.15, -0.1) is 0 Å². The number of hydrogen-bond acceptors (Lipinski definition) is 3. The first-order valence-corrected chi connectivity index (χ1v) is 8.20. The van der Waals surface area contributed by atoms with Crippen molar-refractivity contribution in [1.29, 1.82) is 0 Å². The van der Waals surface area contributed by atoms with E-state index >= 15 is 0 Å². The highest BCUT2D eigenvalue weighted by molar-refractivity contribution is 5.94. The van der Waals surface area contributed by atoms with Gasteiger partial charge < -0.3 is 0 Å². The van der Waals surface area contributed by atoms with Gasteiger partial charge in [-0.25, -0.2) is 9.82 Å². The van der Waals surface area contributed by atoms with E-state index in [2.05, 4.69) is 15.6 Å². The number of aryl methyl sites for hydroxylation is 2. The molecule has 132 valence electrons. The van der Waals surface area contributed by atoms with Crippen LogP contribution < -0.4 is 5.43 Å². The molecule has 1 amide bonds. The average molecular weight is 350 g/mol. The van der Waals surface area contributed by atoms with Crippen molar-refractivity contribution in [3.05, 3.63) is 88.5 Å². The molecule has 6 heteroatoms. The molecule has 0 spiro atoms. The van der Waals surface area contributed by atoms with E-state index in [0.29, 0.717) is 17.7 Å². The van der Waals surface area contributed by atoms with Crippen molar-refractivity contribution in [2.75, 3.05) is 0 Å². The third-order valence-corrected chi connectivity index (χ3v) is 3.90. The van der Waals surface area contributed by atoms with Crippen LogP contribution >= 0.6 is 0 Å². The SMILES string of the molecule is Cc1cc(C)n(Cc2ccc(C(=O)N/N=C\c3ccc(F)cc3)cc2)n1. The lowest BCUT2D eigenvalue weighted by molar-refractivity contribution is 0.0955. The number of carbonyl (C=O) groups is 1. The minimum atomic E-state index is -0.313. The zero-order chi connectivity index (χ0) is 18.5. The summed E-state index contributed by atoms with van der Waals surface area (Å²) in [5, 5.41) is 8.32. The van der Waals surface area contributed by atoms with Gasteiger partial charge in [0.15, 0.2) is 0 Å². The summed E-state index contributed by atoms with van der Waals surface area (Å²) in [5.74, 6) is -0.618. The molecule has 2 aromatic carbocycles. The second-order valence-electron chi connectivity index (χ2n) is 6.03. The maximum atomic E-state index is 12.8. The molecule has 3 rings (SSSR count). The highest BCUT2D eigenvalue weighted by atomic mass is 19.1. The maximum Gasteiger partial charge on any atom is 0.271 e. The number of aromatic nitrogens is 2. The van der Waals surface area contributed by atoms with Crippen molar-refractivity contribution in [3.63, 3.8) is 0 Å². The number of benzene rings is 2. The molecular weight excluding hydrogens is 331 g/mol. The Kier molecular flexibility index (Phi) is 5.22. The Morgan fingerprint density at radius 2 is 1.85 bits per heavy atom. The summed E-state index contributed by atoms with van der Waals surface area (Å²) in [6, 6.07) is 15.2. The number of hydrazone groups is 1. The van der Waals surface area contributed by atoms with Crippen molar-refractivity contribution in [1.82, 2.24) is 15.2 Å². The fourth-order valence-corrected chi connectivity index (χ4v) is 2.55. The monoisotopic (exact) mass is 350 g/mol. The zero-order valence-corrected chi connectivity index (χ0v) is 14.6. The van der Waals surface area contributed by atoms with E-state index in [9.17, 15) is 9.18 Å². The molecule has 1 heterocycles. The van der Waals surface area contributed by atoms with Gasteiger partial charge in [-0.1, -0.05) is 24.3 Å². The standard InChI is InChI=1S/C20H19FN4O/c1-14-11-15(2)25(24-14)13-17-3-7-18(8-4-17)20(26)23-22-12-16-5-9-19(21)10-6-16/h3-12H,13H2,1-2H3,(H,23,26)/b22-12-. The largest absolute Gasteiger partial charge is 0.271 e. The first-order valence-electron chi connectivity index (χ1n) is 8.20. The molecule has 0 saturated heterocycles. The predicted molar refractivity (Wildman–Crippen MR) is 98.7 cm³/mol. The summed E-state index contributed by atoms with van der Waals surface area (Å²) < 4.78 is 14.8. The van der Waals surface area contributed by atoms with E-state index in [0.717, 1.165) is 17.0 Å². The summed E-state index contributed by atoms with van der Waals surface area (Å²) in [7, 11) is 0. The van der Waals surface area contributed by atoms with Crippen LogP contribution in [0.25, 0.3) is 0 Å². The van der Waals surface area contributed by atoms with Crippen LogP contribution in [0.15, 0.2) is 59.7 Å². The number of nitrogens with zero attached hydrogens (tertiary/aromatic N) is 3. The lowest BCUT2D eigenvalue weighted by Gasteiger charge is -2.06. The van der Waals surface area contributed by atoms with Crippen molar-refractivity contribution in [3.8, 4) is 0 Å². The minimum absolute atomic E-state index is 0.305. The molecule has 5 nitrogen and oxygen atoms in total. The Balaban J connectivity index is 1.59. The van der Waals surface area contributed by atoms with E-state index in [1.807, 2.05) is 36.7 Å². The molecule has 0 unspecified atom stereocenters. The Hall–Kier alpha value is -3.28. The lowest BCUT2D eigenvalue weighted by Crippen LogP contribution is -2.17. The number of hydrogen-bond donors (Lipinski definition) is 1. The second-order valence-corrected chi connectivity index (χ2v) is 6.03. The number of amides is 1. The maximum absolute atomic E-state index is 12.8. The molecule has 0 aliphatic carbocycles. The van der Waals surface area contributed by atoms with Crippen LogP contribution in [0.4, 0.5) is 4.39 Å². The van der Waals surface area contributed by atoms with Gasteiger partial charge in [-0.3, -0.25) is 9.48 Å². The molecule has 0 bridgehead atoms. The molecule has 0 atom stereocenters.